The number of piperidine rings is 1. The van der Waals surface area contributed by atoms with E-state index in [0.717, 1.165) is 37.4 Å². The first-order valence-electron chi connectivity index (χ1n) is 7.06. The molecular formula is C15H23N3O2. The van der Waals surface area contributed by atoms with Crippen LogP contribution in [0.4, 0.5) is 5.69 Å². The topological polar surface area (TPSA) is 53.6 Å². The van der Waals surface area contributed by atoms with E-state index in [1.165, 1.54) is 0 Å². The minimum Gasteiger partial charge on any atom is -0.497 e. The van der Waals surface area contributed by atoms with Gasteiger partial charge in [0.2, 0.25) is 5.91 Å². The SMILES string of the molecule is CNCC(=O)NC1CCCN(c2cccc(OC)c2)C1. The standard InChI is InChI=1S/C15H23N3O2/c1-16-10-15(19)17-12-5-4-8-18(11-12)13-6-3-7-14(9-13)20-2/h3,6-7,9,12,16H,4-5,8,10-11H2,1-2H3,(H,17,19). The second kappa shape index (κ2) is 7.14. The van der Waals surface area contributed by atoms with Crippen LogP contribution in [0.1, 0.15) is 12.8 Å². The van der Waals surface area contributed by atoms with Crippen molar-refractivity contribution in [1.82, 2.24) is 10.6 Å². The van der Waals surface area contributed by atoms with E-state index >= 15 is 0 Å². The lowest BCUT2D eigenvalue weighted by Crippen LogP contribution is -2.49. The summed E-state index contributed by atoms with van der Waals surface area (Å²) >= 11 is 0. The van der Waals surface area contributed by atoms with Crippen LogP contribution in [0.25, 0.3) is 0 Å². The van der Waals surface area contributed by atoms with Crippen LogP contribution in [0.3, 0.4) is 0 Å². The van der Waals surface area contributed by atoms with Crippen molar-refractivity contribution in [3.8, 4) is 5.75 Å². The highest BCUT2D eigenvalue weighted by Gasteiger charge is 2.21. The lowest BCUT2D eigenvalue weighted by atomic mass is 10.0. The summed E-state index contributed by atoms with van der Waals surface area (Å²) in [7, 11) is 3.46. The first-order chi connectivity index (χ1) is 9.72. The lowest BCUT2D eigenvalue weighted by molar-refractivity contribution is -0.120. The number of hydrogen-bond acceptors (Lipinski definition) is 4. The Balaban J connectivity index is 1.97. The van der Waals surface area contributed by atoms with Gasteiger partial charge in [0.15, 0.2) is 0 Å². The van der Waals surface area contributed by atoms with Crippen molar-refractivity contribution in [3.05, 3.63) is 24.3 Å². The van der Waals surface area contributed by atoms with E-state index in [9.17, 15) is 4.79 Å². The summed E-state index contributed by atoms with van der Waals surface area (Å²) in [5, 5.41) is 5.95. The van der Waals surface area contributed by atoms with Crippen LogP contribution in [0.5, 0.6) is 5.75 Å². The predicted molar refractivity (Wildman–Crippen MR) is 80.3 cm³/mol. The molecule has 0 spiro atoms. The molecule has 1 amide bonds. The molecule has 0 aromatic heterocycles. The molecule has 1 aliphatic heterocycles. The molecule has 0 saturated carbocycles. The van der Waals surface area contributed by atoms with E-state index in [-0.39, 0.29) is 11.9 Å². The molecule has 2 rings (SSSR count). The van der Waals surface area contributed by atoms with Crippen LogP contribution in [0, 0.1) is 0 Å². The molecule has 1 aromatic rings. The van der Waals surface area contributed by atoms with Gasteiger partial charge in [0.25, 0.3) is 0 Å². The minimum absolute atomic E-state index is 0.0602. The molecular weight excluding hydrogens is 254 g/mol. The number of methoxy groups -OCH3 is 1. The molecule has 1 atom stereocenters. The first kappa shape index (κ1) is 14.7. The van der Waals surface area contributed by atoms with Gasteiger partial charge in [-0.2, -0.15) is 0 Å². The van der Waals surface area contributed by atoms with Gasteiger partial charge in [-0.3, -0.25) is 4.79 Å². The highest BCUT2D eigenvalue weighted by Crippen LogP contribution is 2.24. The fourth-order valence-corrected chi connectivity index (χ4v) is 2.58. The zero-order valence-corrected chi connectivity index (χ0v) is 12.2. The van der Waals surface area contributed by atoms with E-state index in [1.807, 2.05) is 18.2 Å². The van der Waals surface area contributed by atoms with Gasteiger partial charge in [0.1, 0.15) is 5.75 Å². The molecule has 0 bridgehead atoms. The Morgan fingerprint density at radius 2 is 2.35 bits per heavy atom. The molecule has 0 aliphatic carbocycles. The quantitative estimate of drug-likeness (QED) is 0.843. The number of nitrogens with one attached hydrogen (secondary N) is 2. The van der Waals surface area contributed by atoms with Crippen molar-refractivity contribution in [2.45, 2.75) is 18.9 Å². The zero-order valence-electron chi connectivity index (χ0n) is 12.2. The number of likely N-dealkylation sites (N-methyl/N-ethyl adjacent to an activating group) is 1. The molecule has 110 valence electrons. The largest absolute Gasteiger partial charge is 0.497 e. The Morgan fingerprint density at radius 3 is 3.10 bits per heavy atom. The molecule has 1 aliphatic rings. The van der Waals surface area contributed by atoms with Gasteiger partial charge in [0.05, 0.1) is 13.7 Å². The maximum absolute atomic E-state index is 11.6. The minimum atomic E-state index is 0.0602. The van der Waals surface area contributed by atoms with E-state index in [0.29, 0.717) is 6.54 Å². The van der Waals surface area contributed by atoms with Gasteiger partial charge in [-0.15, -0.1) is 0 Å². The Morgan fingerprint density at radius 1 is 1.50 bits per heavy atom. The number of hydrogen-bond donors (Lipinski definition) is 2. The number of nitrogens with zero attached hydrogens (tertiary/aromatic N) is 1. The fourth-order valence-electron chi connectivity index (χ4n) is 2.58. The summed E-state index contributed by atoms with van der Waals surface area (Å²) in [6.07, 6.45) is 2.12. The molecule has 0 radical (unpaired) electrons. The summed E-state index contributed by atoms with van der Waals surface area (Å²) in [4.78, 5) is 13.9. The first-order valence-corrected chi connectivity index (χ1v) is 7.06. The summed E-state index contributed by atoms with van der Waals surface area (Å²) in [6, 6.07) is 8.28. The van der Waals surface area contributed by atoms with Gasteiger partial charge in [-0.25, -0.2) is 0 Å². The summed E-state index contributed by atoms with van der Waals surface area (Å²) in [5.74, 6) is 0.925. The molecule has 5 heteroatoms. The molecule has 1 unspecified atom stereocenters. The zero-order chi connectivity index (χ0) is 14.4. The number of benzene rings is 1. The van der Waals surface area contributed by atoms with Crippen molar-refractivity contribution in [1.29, 1.82) is 0 Å². The molecule has 1 aromatic carbocycles. The average Bonchev–Trinajstić information content (AvgIpc) is 2.48. The number of ether oxygens (including phenoxy) is 1. The molecule has 20 heavy (non-hydrogen) atoms. The molecule has 1 fully saturated rings. The Kier molecular flexibility index (Phi) is 5.24. The van der Waals surface area contributed by atoms with E-state index in [4.69, 9.17) is 4.74 Å². The normalized spacial score (nSPS) is 18.7. The molecule has 1 saturated heterocycles. The second-order valence-electron chi connectivity index (χ2n) is 5.08. The average molecular weight is 277 g/mol. The Hall–Kier alpha value is -1.75. The van der Waals surface area contributed by atoms with Crippen molar-refractivity contribution in [3.63, 3.8) is 0 Å². The van der Waals surface area contributed by atoms with E-state index in [2.05, 4.69) is 21.6 Å². The maximum Gasteiger partial charge on any atom is 0.234 e. The van der Waals surface area contributed by atoms with Crippen molar-refractivity contribution in [2.24, 2.45) is 0 Å². The van der Waals surface area contributed by atoms with Crippen LogP contribution in [0.2, 0.25) is 0 Å². The van der Waals surface area contributed by atoms with E-state index in [1.54, 1.807) is 14.2 Å². The maximum atomic E-state index is 11.6. The van der Waals surface area contributed by atoms with Crippen LogP contribution in [0.15, 0.2) is 24.3 Å². The monoisotopic (exact) mass is 277 g/mol. The van der Waals surface area contributed by atoms with Gasteiger partial charge in [-0.05, 0) is 32.0 Å². The molecule has 2 N–H and O–H groups in total. The van der Waals surface area contributed by atoms with Gasteiger partial charge >= 0.3 is 0 Å². The highest BCUT2D eigenvalue weighted by atomic mass is 16.5. The summed E-state index contributed by atoms with van der Waals surface area (Å²) in [6.45, 7) is 2.24. The number of amides is 1. The second-order valence-corrected chi connectivity index (χ2v) is 5.08. The Bertz CT molecular complexity index is 450. The third kappa shape index (κ3) is 3.87. The van der Waals surface area contributed by atoms with Crippen LogP contribution in [-0.4, -0.2) is 45.7 Å². The summed E-state index contributed by atoms with van der Waals surface area (Å²) in [5.41, 5.74) is 1.15. The lowest BCUT2D eigenvalue weighted by Gasteiger charge is -2.35. The number of anilines is 1. The van der Waals surface area contributed by atoms with Crippen LogP contribution >= 0.6 is 0 Å². The van der Waals surface area contributed by atoms with Crippen LogP contribution < -0.4 is 20.3 Å². The third-order valence-electron chi connectivity index (χ3n) is 3.54. The number of carbonyl (C=O) groups is 1. The van der Waals surface area contributed by atoms with Crippen LogP contribution in [-0.2, 0) is 4.79 Å². The Labute approximate surface area is 120 Å². The number of rotatable bonds is 5. The van der Waals surface area contributed by atoms with Crippen molar-refractivity contribution < 1.29 is 9.53 Å². The highest BCUT2D eigenvalue weighted by molar-refractivity contribution is 5.78. The summed E-state index contributed by atoms with van der Waals surface area (Å²) < 4.78 is 5.26. The van der Waals surface area contributed by atoms with Crippen molar-refractivity contribution in [2.75, 3.05) is 38.7 Å². The molecule has 1 heterocycles. The third-order valence-corrected chi connectivity index (χ3v) is 3.54. The smallest absolute Gasteiger partial charge is 0.234 e. The molecule has 5 nitrogen and oxygen atoms in total. The van der Waals surface area contributed by atoms with E-state index < -0.39 is 0 Å². The van der Waals surface area contributed by atoms with Crippen molar-refractivity contribution >= 4 is 11.6 Å². The van der Waals surface area contributed by atoms with Gasteiger partial charge in [0, 0.05) is 30.9 Å². The predicted octanol–water partition coefficient (Wildman–Crippen LogP) is 1.000. The van der Waals surface area contributed by atoms with Gasteiger partial charge < -0.3 is 20.3 Å². The number of carbonyl (C=O) groups excluding carboxylic acids is 1. The fraction of sp³-hybridized carbons (Fsp3) is 0.533. The van der Waals surface area contributed by atoms with Gasteiger partial charge in [-0.1, -0.05) is 6.07 Å².